The second kappa shape index (κ2) is 10.6. The van der Waals surface area contributed by atoms with Gasteiger partial charge in [-0.3, -0.25) is 14.3 Å². The fraction of sp³-hybridized carbons (Fsp3) is 0.536. The second-order valence-electron chi connectivity index (χ2n) is 10.7. The largest absolute Gasteiger partial charge is 0.494 e. The summed E-state index contributed by atoms with van der Waals surface area (Å²) in [5.74, 6) is 1.62. The SMILES string of the molecule is O=C(c1noc2c1CCCC2)N1CCC2(CC1)Cc1cn(nn1)CCCOc1ccc(cc1)CCNC2=O. The number of aryl methyl sites for hydroxylation is 2. The molecular formula is C28H34N6O4. The Balaban J connectivity index is 1.19. The zero-order chi connectivity index (χ0) is 26.0. The summed E-state index contributed by atoms with van der Waals surface area (Å²) >= 11 is 0. The van der Waals surface area contributed by atoms with Gasteiger partial charge in [0.2, 0.25) is 5.91 Å². The molecule has 1 saturated heterocycles. The van der Waals surface area contributed by atoms with Crippen LogP contribution in [0.3, 0.4) is 0 Å². The number of piperidine rings is 1. The lowest BCUT2D eigenvalue weighted by molar-refractivity contribution is -0.133. The zero-order valence-corrected chi connectivity index (χ0v) is 21.7. The maximum Gasteiger partial charge on any atom is 0.276 e. The average Bonchev–Trinajstić information content (AvgIpc) is 3.58. The molecular weight excluding hydrogens is 484 g/mol. The van der Waals surface area contributed by atoms with E-state index in [9.17, 15) is 9.59 Å². The molecule has 0 atom stereocenters. The van der Waals surface area contributed by atoms with E-state index in [0.29, 0.717) is 57.7 Å². The van der Waals surface area contributed by atoms with Crippen LogP contribution in [0.4, 0.5) is 0 Å². The molecule has 10 nitrogen and oxygen atoms in total. The number of carbonyl (C=O) groups is 2. The maximum absolute atomic E-state index is 13.7. The predicted molar refractivity (Wildman–Crippen MR) is 138 cm³/mol. The molecule has 1 spiro atoms. The summed E-state index contributed by atoms with van der Waals surface area (Å²) in [6.07, 6.45) is 8.88. The van der Waals surface area contributed by atoms with Gasteiger partial charge >= 0.3 is 0 Å². The summed E-state index contributed by atoms with van der Waals surface area (Å²) in [4.78, 5) is 28.9. The minimum atomic E-state index is -0.651. The summed E-state index contributed by atoms with van der Waals surface area (Å²) < 4.78 is 13.2. The first kappa shape index (κ1) is 24.6. The van der Waals surface area contributed by atoms with Gasteiger partial charge in [-0.1, -0.05) is 22.5 Å². The third-order valence-electron chi connectivity index (χ3n) is 8.17. The van der Waals surface area contributed by atoms with Gasteiger partial charge in [0.25, 0.3) is 5.91 Å². The van der Waals surface area contributed by atoms with Gasteiger partial charge in [-0.2, -0.15) is 0 Å². The molecule has 3 aromatic rings. The van der Waals surface area contributed by atoms with E-state index < -0.39 is 5.41 Å². The van der Waals surface area contributed by atoms with Gasteiger partial charge in [-0.15, -0.1) is 5.10 Å². The lowest BCUT2D eigenvalue weighted by Crippen LogP contribution is -2.51. The summed E-state index contributed by atoms with van der Waals surface area (Å²) in [6.45, 7) is 2.80. The van der Waals surface area contributed by atoms with Crippen LogP contribution in [0.2, 0.25) is 0 Å². The monoisotopic (exact) mass is 518 g/mol. The number of benzene rings is 1. The number of nitrogens with zero attached hydrogens (tertiary/aromatic N) is 5. The molecule has 1 N–H and O–H groups in total. The molecule has 7 rings (SSSR count). The Labute approximate surface area is 221 Å². The molecule has 0 unspecified atom stereocenters. The van der Waals surface area contributed by atoms with Gasteiger partial charge in [0.1, 0.15) is 11.5 Å². The molecule has 38 heavy (non-hydrogen) atoms. The number of ether oxygens (including phenoxy) is 1. The first-order valence-corrected chi connectivity index (χ1v) is 13.8. The summed E-state index contributed by atoms with van der Waals surface area (Å²) in [5.41, 5.74) is 2.71. The Kier molecular flexibility index (Phi) is 6.86. The van der Waals surface area contributed by atoms with Crippen molar-refractivity contribution < 1.29 is 18.8 Å². The highest BCUT2D eigenvalue weighted by Gasteiger charge is 2.43. The van der Waals surface area contributed by atoms with Gasteiger partial charge in [-0.05, 0) is 56.2 Å². The number of rotatable bonds is 1. The molecule has 5 heterocycles. The van der Waals surface area contributed by atoms with Crippen molar-refractivity contribution in [3.63, 3.8) is 0 Å². The second-order valence-corrected chi connectivity index (χ2v) is 10.7. The third-order valence-corrected chi connectivity index (χ3v) is 8.17. The Hall–Kier alpha value is -3.69. The van der Waals surface area contributed by atoms with Gasteiger partial charge in [0, 0.05) is 57.2 Å². The lowest BCUT2D eigenvalue weighted by Gasteiger charge is -2.40. The number of hydrogen-bond donors (Lipinski definition) is 1. The number of nitrogens with one attached hydrogen (secondary N) is 1. The minimum absolute atomic E-state index is 0.0160. The quantitative estimate of drug-likeness (QED) is 0.527. The van der Waals surface area contributed by atoms with Crippen molar-refractivity contribution >= 4 is 11.8 Å². The third kappa shape index (κ3) is 5.04. The summed E-state index contributed by atoms with van der Waals surface area (Å²) in [7, 11) is 0. The highest BCUT2D eigenvalue weighted by atomic mass is 16.5. The van der Waals surface area contributed by atoms with Crippen LogP contribution in [-0.2, 0) is 37.0 Å². The van der Waals surface area contributed by atoms with E-state index in [0.717, 1.165) is 66.9 Å². The van der Waals surface area contributed by atoms with Crippen molar-refractivity contribution in [1.29, 1.82) is 0 Å². The number of aromatic nitrogens is 4. The Morgan fingerprint density at radius 2 is 1.82 bits per heavy atom. The number of likely N-dealkylation sites (tertiary alicyclic amines) is 1. The Bertz CT molecular complexity index is 1290. The topological polar surface area (TPSA) is 115 Å². The van der Waals surface area contributed by atoms with E-state index in [4.69, 9.17) is 9.26 Å². The van der Waals surface area contributed by atoms with E-state index in [1.54, 1.807) is 0 Å². The fourth-order valence-electron chi connectivity index (χ4n) is 5.88. The first-order chi connectivity index (χ1) is 18.6. The standard InChI is InChI=1S/C28H34N6O4/c35-26(25-23-4-1-2-5-24(23)38-31-25)33-15-11-28(12-16-33)18-21-19-34(32-30-21)14-3-17-37-22-8-6-20(7-9-22)10-13-29-27(28)36/h6-9,19H,1-5,10-18H2,(H,29,36). The van der Waals surface area contributed by atoms with Crippen molar-refractivity contribution in [2.75, 3.05) is 26.2 Å². The first-order valence-electron chi connectivity index (χ1n) is 13.8. The van der Waals surface area contributed by atoms with E-state index >= 15 is 0 Å². The molecule has 0 radical (unpaired) electrons. The van der Waals surface area contributed by atoms with Crippen molar-refractivity contribution in [1.82, 2.24) is 30.4 Å². The van der Waals surface area contributed by atoms with Crippen LogP contribution in [0.1, 0.15) is 65.2 Å². The zero-order valence-electron chi connectivity index (χ0n) is 21.7. The molecule has 1 fully saturated rings. The van der Waals surface area contributed by atoms with Gasteiger partial charge in [0.15, 0.2) is 5.69 Å². The van der Waals surface area contributed by atoms with Crippen LogP contribution >= 0.6 is 0 Å². The average molecular weight is 519 g/mol. The molecule has 10 heteroatoms. The normalized spacial score (nSPS) is 19.9. The van der Waals surface area contributed by atoms with Crippen LogP contribution in [-0.4, -0.2) is 63.1 Å². The van der Waals surface area contributed by atoms with Crippen molar-refractivity contribution in [3.8, 4) is 5.75 Å². The number of carbonyl (C=O) groups excluding carboxylic acids is 2. The Morgan fingerprint density at radius 1 is 1.00 bits per heavy atom. The summed E-state index contributed by atoms with van der Waals surface area (Å²) in [5, 5.41) is 16.0. The highest BCUT2D eigenvalue weighted by Crippen LogP contribution is 2.36. The molecule has 0 saturated carbocycles. The molecule has 3 aliphatic heterocycles. The van der Waals surface area contributed by atoms with Crippen molar-refractivity contribution in [2.45, 2.75) is 64.3 Å². The minimum Gasteiger partial charge on any atom is -0.494 e. The van der Waals surface area contributed by atoms with Gasteiger partial charge in [0.05, 0.1) is 17.7 Å². The van der Waals surface area contributed by atoms with Crippen LogP contribution in [0, 0.1) is 5.41 Å². The molecule has 4 bridgehead atoms. The van der Waals surface area contributed by atoms with Gasteiger partial charge in [-0.25, -0.2) is 0 Å². The fourth-order valence-corrected chi connectivity index (χ4v) is 5.88. The molecule has 2 aromatic heterocycles. The van der Waals surface area contributed by atoms with E-state index in [1.165, 1.54) is 0 Å². The number of fused-ring (bicyclic) bond motifs is 9. The van der Waals surface area contributed by atoms with Crippen LogP contribution < -0.4 is 10.1 Å². The summed E-state index contributed by atoms with van der Waals surface area (Å²) in [6, 6.07) is 8.04. The highest BCUT2D eigenvalue weighted by molar-refractivity contribution is 5.94. The smallest absolute Gasteiger partial charge is 0.276 e. The van der Waals surface area contributed by atoms with Gasteiger partial charge < -0.3 is 19.5 Å². The predicted octanol–water partition coefficient (Wildman–Crippen LogP) is 2.75. The van der Waals surface area contributed by atoms with Crippen LogP contribution in [0.25, 0.3) is 0 Å². The Morgan fingerprint density at radius 3 is 2.66 bits per heavy atom. The van der Waals surface area contributed by atoms with E-state index in [2.05, 4.69) is 20.8 Å². The molecule has 2 amide bonds. The molecule has 1 aromatic carbocycles. The molecule has 200 valence electrons. The van der Waals surface area contributed by atoms with E-state index in [-0.39, 0.29) is 11.8 Å². The molecule has 4 aliphatic rings. The van der Waals surface area contributed by atoms with Crippen molar-refractivity contribution in [2.24, 2.45) is 5.41 Å². The maximum atomic E-state index is 13.7. The number of hydrogen-bond acceptors (Lipinski definition) is 7. The van der Waals surface area contributed by atoms with Crippen LogP contribution in [0.5, 0.6) is 5.75 Å². The lowest BCUT2D eigenvalue weighted by atomic mass is 9.73. The molecule has 1 aliphatic carbocycles. The van der Waals surface area contributed by atoms with E-state index in [1.807, 2.05) is 40.0 Å². The van der Waals surface area contributed by atoms with Crippen molar-refractivity contribution in [3.05, 3.63) is 58.7 Å². The number of amides is 2. The van der Waals surface area contributed by atoms with Crippen LogP contribution in [0.15, 0.2) is 35.0 Å².